The Kier molecular flexibility index (Phi) is 11.1. The molecule has 0 aromatic heterocycles. The lowest BCUT2D eigenvalue weighted by molar-refractivity contribution is -0.129. The van der Waals surface area contributed by atoms with Crippen molar-refractivity contribution in [3.63, 3.8) is 0 Å². The molecule has 35 heavy (non-hydrogen) atoms. The van der Waals surface area contributed by atoms with Crippen molar-refractivity contribution >= 4 is 17.3 Å². The second-order valence-electron chi connectivity index (χ2n) is 10.5. The van der Waals surface area contributed by atoms with Crippen LogP contribution >= 0.6 is 0 Å². The third-order valence-corrected chi connectivity index (χ3v) is 7.44. The number of rotatable bonds is 9. The number of carbonyl (C=O) groups excluding carboxylic acids is 3. The van der Waals surface area contributed by atoms with E-state index in [9.17, 15) is 14.4 Å². The highest BCUT2D eigenvalue weighted by Crippen LogP contribution is 2.36. The van der Waals surface area contributed by atoms with Crippen molar-refractivity contribution in [3.05, 3.63) is 69.8 Å². The summed E-state index contributed by atoms with van der Waals surface area (Å²) in [7, 11) is 0. The molecule has 0 heterocycles. The van der Waals surface area contributed by atoms with Crippen molar-refractivity contribution in [1.82, 2.24) is 0 Å². The van der Waals surface area contributed by atoms with Crippen molar-refractivity contribution in [2.45, 2.75) is 93.4 Å². The van der Waals surface area contributed by atoms with E-state index in [0.717, 1.165) is 48.8 Å². The van der Waals surface area contributed by atoms with Crippen LogP contribution in [-0.4, -0.2) is 17.3 Å². The SMILES string of the molecule is CCCC(CC1CC(=O)c2c(ccc(C)c2C)C1)C(CC)C(=O)CC(C)=O.Cc1ccc(C)cc1. The molecule has 3 heteroatoms. The van der Waals surface area contributed by atoms with Crippen LogP contribution < -0.4 is 0 Å². The van der Waals surface area contributed by atoms with Gasteiger partial charge in [0.15, 0.2) is 5.78 Å². The van der Waals surface area contributed by atoms with E-state index in [-0.39, 0.29) is 35.6 Å². The fourth-order valence-corrected chi connectivity index (χ4v) is 5.46. The largest absolute Gasteiger partial charge is 0.300 e. The fourth-order valence-electron chi connectivity index (χ4n) is 5.46. The van der Waals surface area contributed by atoms with E-state index in [2.05, 4.69) is 64.1 Å². The van der Waals surface area contributed by atoms with E-state index in [4.69, 9.17) is 0 Å². The van der Waals surface area contributed by atoms with Crippen LogP contribution in [0.1, 0.15) is 97.5 Å². The summed E-state index contributed by atoms with van der Waals surface area (Å²) < 4.78 is 0. The Morgan fingerprint density at radius 2 is 1.51 bits per heavy atom. The lowest BCUT2D eigenvalue weighted by atomic mass is 9.72. The molecule has 0 spiro atoms. The summed E-state index contributed by atoms with van der Waals surface area (Å²) in [5.41, 5.74) is 7.04. The lowest BCUT2D eigenvalue weighted by Crippen LogP contribution is -2.29. The van der Waals surface area contributed by atoms with Crippen LogP contribution in [0.25, 0.3) is 0 Å². The smallest absolute Gasteiger partial charge is 0.163 e. The maximum atomic E-state index is 12.8. The van der Waals surface area contributed by atoms with E-state index in [1.807, 2.05) is 13.8 Å². The van der Waals surface area contributed by atoms with Crippen LogP contribution in [0.5, 0.6) is 0 Å². The van der Waals surface area contributed by atoms with Crippen molar-refractivity contribution < 1.29 is 14.4 Å². The first kappa shape index (κ1) is 28.7. The van der Waals surface area contributed by atoms with Gasteiger partial charge in [0.2, 0.25) is 0 Å². The Labute approximate surface area is 212 Å². The van der Waals surface area contributed by atoms with Crippen molar-refractivity contribution in [2.24, 2.45) is 17.8 Å². The van der Waals surface area contributed by atoms with Crippen LogP contribution in [0.3, 0.4) is 0 Å². The zero-order chi connectivity index (χ0) is 26.1. The minimum absolute atomic E-state index is 0.0453. The molecule has 2 aromatic rings. The lowest BCUT2D eigenvalue weighted by Gasteiger charge is -2.32. The number of benzene rings is 2. The fraction of sp³-hybridized carbons (Fsp3) is 0.531. The average molecular weight is 477 g/mol. The maximum Gasteiger partial charge on any atom is 0.163 e. The number of Topliss-reactive ketones (excluding diaryl/α,β-unsaturated/α-hetero) is 3. The van der Waals surface area contributed by atoms with Gasteiger partial charge in [0.25, 0.3) is 0 Å². The molecule has 190 valence electrons. The molecule has 2 aromatic carbocycles. The van der Waals surface area contributed by atoms with Gasteiger partial charge < -0.3 is 0 Å². The molecule has 0 N–H and O–H groups in total. The van der Waals surface area contributed by atoms with Gasteiger partial charge >= 0.3 is 0 Å². The van der Waals surface area contributed by atoms with Crippen LogP contribution in [0, 0.1) is 45.4 Å². The van der Waals surface area contributed by atoms with Gasteiger partial charge in [-0.1, -0.05) is 74.2 Å². The van der Waals surface area contributed by atoms with Gasteiger partial charge in [-0.25, -0.2) is 0 Å². The molecule has 0 aliphatic heterocycles. The molecule has 0 saturated carbocycles. The van der Waals surface area contributed by atoms with Gasteiger partial charge in [0, 0.05) is 17.9 Å². The first-order valence-electron chi connectivity index (χ1n) is 13.2. The number of aryl methyl sites for hydroxylation is 3. The molecule has 3 nitrogen and oxygen atoms in total. The first-order chi connectivity index (χ1) is 16.6. The molecule has 3 rings (SSSR count). The van der Waals surface area contributed by atoms with E-state index in [1.54, 1.807) is 0 Å². The van der Waals surface area contributed by atoms with Gasteiger partial charge in [-0.3, -0.25) is 14.4 Å². The van der Waals surface area contributed by atoms with Crippen molar-refractivity contribution in [3.8, 4) is 0 Å². The first-order valence-corrected chi connectivity index (χ1v) is 13.2. The number of hydrogen-bond acceptors (Lipinski definition) is 3. The molecule has 1 aliphatic carbocycles. The molecular formula is C32H44O3. The Morgan fingerprint density at radius 1 is 0.914 bits per heavy atom. The summed E-state index contributed by atoms with van der Waals surface area (Å²) >= 11 is 0. The monoisotopic (exact) mass is 476 g/mol. The Balaban J connectivity index is 0.000000456. The molecule has 0 radical (unpaired) electrons. The van der Waals surface area contributed by atoms with Crippen LogP contribution in [0.4, 0.5) is 0 Å². The minimum atomic E-state index is -0.0647. The van der Waals surface area contributed by atoms with E-state index >= 15 is 0 Å². The summed E-state index contributed by atoms with van der Waals surface area (Å²) in [5, 5.41) is 0. The van der Waals surface area contributed by atoms with Gasteiger partial charge in [-0.15, -0.1) is 0 Å². The highest BCUT2D eigenvalue weighted by molar-refractivity contribution is 6.00. The molecule has 0 fully saturated rings. The maximum absolute atomic E-state index is 12.8. The second kappa shape index (κ2) is 13.5. The summed E-state index contributed by atoms with van der Waals surface area (Å²) in [4.78, 5) is 36.8. The third-order valence-electron chi connectivity index (χ3n) is 7.44. The van der Waals surface area contributed by atoms with E-state index < -0.39 is 0 Å². The van der Waals surface area contributed by atoms with Gasteiger partial charge in [-0.05, 0) is 82.4 Å². The number of hydrogen-bond donors (Lipinski definition) is 0. The molecule has 3 unspecified atom stereocenters. The van der Waals surface area contributed by atoms with Gasteiger partial charge in [0.1, 0.15) is 11.6 Å². The Morgan fingerprint density at radius 3 is 2.03 bits per heavy atom. The highest BCUT2D eigenvalue weighted by Gasteiger charge is 2.33. The predicted octanol–water partition coefficient (Wildman–Crippen LogP) is 7.73. The average Bonchev–Trinajstić information content (AvgIpc) is 2.78. The summed E-state index contributed by atoms with van der Waals surface area (Å²) in [6.07, 6.45) is 5.20. The molecule has 1 aliphatic rings. The highest BCUT2D eigenvalue weighted by atomic mass is 16.1. The predicted molar refractivity (Wildman–Crippen MR) is 145 cm³/mol. The van der Waals surface area contributed by atoms with Crippen LogP contribution in [0.15, 0.2) is 36.4 Å². The van der Waals surface area contributed by atoms with Gasteiger partial charge in [-0.2, -0.15) is 0 Å². The molecule has 0 bridgehead atoms. The molecule has 3 atom stereocenters. The molecular weight excluding hydrogens is 432 g/mol. The van der Waals surface area contributed by atoms with Crippen LogP contribution in [0.2, 0.25) is 0 Å². The summed E-state index contributed by atoms with van der Waals surface area (Å²) in [6.45, 7) is 14.0. The zero-order valence-electron chi connectivity index (χ0n) is 22.9. The zero-order valence-corrected chi connectivity index (χ0v) is 22.9. The van der Waals surface area contributed by atoms with Crippen molar-refractivity contribution in [1.29, 1.82) is 0 Å². The Hall–Kier alpha value is -2.55. The van der Waals surface area contributed by atoms with E-state index in [0.29, 0.717) is 12.3 Å². The standard InChI is InChI=1S/C24H34O3.C8H10/c1-6-8-19(21(7-2)22(26)11-16(4)25)12-18-13-20-10-9-15(3)17(5)24(20)23(27)14-18;1-7-3-5-8(2)6-4-7/h9-10,18-19,21H,6-8,11-14H2,1-5H3;3-6H,1-2H3. The van der Waals surface area contributed by atoms with Gasteiger partial charge in [0.05, 0.1) is 6.42 Å². The third kappa shape index (κ3) is 8.26. The number of carbonyl (C=O) groups is 3. The number of fused-ring (bicyclic) bond motifs is 1. The Bertz CT molecular complexity index is 995. The molecule has 0 amide bonds. The minimum Gasteiger partial charge on any atom is -0.300 e. The normalized spacial score (nSPS) is 16.5. The topological polar surface area (TPSA) is 51.2 Å². The number of ketones is 3. The molecule has 0 saturated heterocycles. The van der Waals surface area contributed by atoms with Crippen molar-refractivity contribution in [2.75, 3.05) is 0 Å². The second-order valence-corrected chi connectivity index (χ2v) is 10.5. The summed E-state index contributed by atoms with van der Waals surface area (Å²) in [5.74, 6) is 0.769. The quantitative estimate of drug-likeness (QED) is 0.348. The van der Waals surface area contributed by atoms with Crippen LogP contribution in [-0.2, 0) is 16.0 Å². The van der Waals surface area contributed by atoms with E-state index in [1.165, 1.54) is 23.6 Å². The summed E-state index contributed by atoms with van der Waals surface area (Å²) in [6, 6.07) is 12.7.